The largest absolute Gasteiger partial charge is 0.493 e. The number of methoxy groups -OCH3 is 2. The Hall–Kier alpha value is -3.43. The Morgan fingerprint density at radius 3 is 2.25 bits per heavy atom. The lowest BCUT2D eigenvalue weighted by molar-refractivity contribution is -0.276. The number of benzene rings is 3. The first-order chi connectivity index (χ1) is 19.4. The second-order valence-electron chi connectivity index (χ2n) is 10.6. The first kappa shape index (κ1) is 28.1. The van der Waals surface area contributed by atoms with E-state index in [0.29, 0.717) is 0 Å². The third-order valence-electron chi connectivity index (χ3n) is 7.86. The normalized spacial score (nSPS) is 22.8. The van der Waals surface area contributed by atoms with Crippen LogP contribution in [0.1, 0.15) is 54.1 Å². The zero-order valence-electron chi connectivity index (χ0n) is 23.6. The Morgan fingerprint density at radius 2 is 1.62 bits per heavy atom. The summed E-state index contributed by atoms with van der Waals surface area (Å²) in [6.45, 7) is 6.15. The molecule has 2 aliphatic heterocycles. The van der Waals surface area contributed by atoms with E-state index < -0.39 is 6.29 Å². The number of aliphatic hydroxyl groups excluding tert-OH is 1. The van der Waals surface area contributed by atoms with Crippen molar-refractivity contribution in [3.63, 3.8) is 0 Å². The maximum atomic E-state index is 11.5. The molecule has 3 aromatic carbocycles. The molecule has 1 saturated heterocycles. The highest BCUT2D eigenvalue weighted by atomic mass is 16.7. The van der Waals surface area contributed by atoms with Crippen molar-refractivity contribution in [2.75, 3.05) is 32.6 Å². The van der Waals surface area contributed by atoms with E-state index in [9.17, 15) is 9.90 Å². The van der Waals surface area contributed by atoms with E-state index >= 15 is 0 Å². The van der Waals surface area contributed by atoms with E-state index in [0.717, 1.165) is 59.9 Å². The summed E-state index contributed by atoms with van der Waals surface area (Å²) in [7, 11) is 3.33. The Kier molecular flexibility index (Phi) is 8.71. The Morgan fingerprint density at radius 1 is 0.975 bits per heavy atom. The highest BCUT2D eigenvalue weighted by Crippen LogP contribution is 2.42. The van der Waals surface area contributed by atoms with Crippen LogP contribution in [-0.2, 0) is 33.8 Å². The van der Waals surface area contributed by atoms with E-state index in [4.69, 9.17) is 18.9 Å². The van der Waals surface area contributed by atoms with Gasteiger partial charge in [-0.15, -0.1) is 0 Å². The van der Waals surface area contributed by atoms with Gasteiger partial charge in [0.1, 0.15) is 0 Å². The van der Waals surface area contributed by atoms with Crippen molar-refractivity contribution in [1.29, 1.82) is 0 Å². The third-order valence-corrected chi connectivity index (χ3v) is 7.86. The molecule has 212 valence electrons. The van der Waals surface area contributed by atoms with Crippen LogP contribution in [0.5, 0.6) is 11.5 Å². The van der Waals surface area contributed by atoms with Crippen LogP contribution >= 0.6 is 0 Å². The maximum absolute atomic E-state index is 11.5. The standard InChI is InChI=1S/C32H38N2O6/c1-20-30(18-34-14-13-25-15-28(37-3)29(38-4)16-26(25)17-34)39-32(24-9-11-27(12-10-24)33-21(2)36)40-31(20)23-7-5-22(19-35)6-8-23/h5-12,15-16,20,30-32,35H,13-14,17-19H2,1-4H3,(H,33,36)/t20-,30+,31+,32+/m1/s1. The number of nitrogens with zero attached hydrogens (tertiary/aromatic N) is 1. The van der Waals surface area contributed by atoms with Crippen molar-refractivity contribution in [1.82, 2.24) is 4.90 Å². The number of carbonyl (C=O) groups excluding carboxylic acids is 1. The summed E-state index contributed by atoms with van der Waals surface area (Å²) in [6, 6.07) is 19.7. The molecule has 0 aromatic heterocycles. The molecule has 1 amide bonds. The fourth-order valence-electron chi connectivity index (χ4n) is 5.61. The zero-order chi connectivity index (χ0) is 28.2. The van der Waals surface area contributed by atoms with Crippen LogP contribution in [0.4, 0.5) is 5.69 Å². The fourth-order valence-corrected chi connectivity index (χ4v) is 5.61. The summed E-state index contributed by atoms with van der Waals surface area (Å²) >= 11 is 0. The summed E-state index contributed by atoms with van der Waals surface area (Å²) in [5, 5.41) is 12.3. The predicted octanol–water partition coefficient (Wildman–Crippen LogP) is 5.00. The second kappa shape index (κ2) is 12.4. The number of nitrogens with one attached hydrogen (secondary N) is 1. The minimum atomic E-state index is -0.559. The number of ether oxygens (including phenoxy) is 4. The van der Waals surface area contributed by atoms with E-state index in [1.54, 1.807) is 14.2 Å². The number of fused-ring (bicyclic) bond motifs is 1. The number of carbonyl (C=O) groups is 1. The SMILES string of the molecule is COc1cc2c(cc1OC)CN(C[C@@H]1O[C@H](c3ccc(NC(C)=O)cc3)O[C@H](c3ccc(CO)cc3)[C@@H]1C)CC2. The van der Waals surface area contributed by atoms with Gasteiger partial charge in [-0.2, -0.15) is 0 Å². The Bertz CT molecular complexity index is 1310. The minimum Gasteiger partial charge on any atom is -0.493 e. The van der Waals surface area contributed by atoms with Gasteiger partial charge >= 0.3 is 0 Å². The predicted molar refractivity (Wildman–Crippen MR) is 152 cm³/mol. The zero-order valence-corrected chi connectivity index (χ0v) is 23.6. The van der Waals surface area contributed by atoms with Gasteiger partial charge in [0.05, 0.1) is 33.0 Å². The highest BCUT2D eigenvalue weighted by molar-refractivity contribution is 5.88. The average molecular weight is 547 g/mol. The van der Waals surface area contributed by atoms with Crippen molar-refractivity contribution in [2.24, 2.45) is 5.92 Å². The molecule has 1 fully saturated rings. The van der Waals surface area contributed by atoms with Gasteiger partial charge in [-0.25, -0.2) is 0 Å². The van der Waals surface area contributed by atoms with Gasteiger partial charge in [0.2, 0.25) is 5.91 Å². The van der Waals surface area contributed by atoms with Gasteiger partial charge in [0.25, 0.3) is 0 Å². The van der Waals surface area contributed by atoms with Gasteiger partial charge < -0.3 is 29.4 Å². The molecule has 0 saturated carbocycles. The molecule has 2 aliphatic rings. The molecule has 0 aliphatic carbocycles. The molecule has 4 atom stereocenters. The number of anilines is 1. The van der Waals surface area contributed by atoms with Crippen LogP contribution in [0.3, 0.4) is 0 Å². The molecule has 2 N–H and O–H groups in total. The lowest BCUT2D eigenvalue weighted by atomic mass is 9.89. The number of aliphatic hydroxyl groups is 1. The van der Waals surface area contributed by atoms with Crippen molar-refractivity contribution < 1.29 is 28.8 Å². The molecule has 40 heavy (non-hydrogen) atoms. The maximum Gasteiger partial charge on any atom is 0.221 e. The average Bonchev–Trinajstić information content (AvgIpc) is 2.97. The number of amides is 1. The van der Waals surface area contributed by atoms with Crippen molar-refractivity contribution in [3.05, 3.63) is 88.5 Å². The molecule has 3 aromatic rings. The summed E-state index contributed by atoms with van der Waals surface area (Å²) in [4.78, 5) is 13.9. The van der Waals surface area contributed by atoms with Crippen LogP contribution in [0.15, 0.2) is 60.7 Å². The molecular formula is C32H38N2O6. The van der Waals surface area contributed by atoms with Gasteiger partial charge in [-0.05, 0) is 52.9 Å². The third kappa shape index (κ3) is 6.15. The first-order valence-corrected chi connectivity index (χ1v) is 13.7. The van der Waals surface area contributed by atoms with Crippen LogP contribution in [0, 0.1) is 5.92 Å². The number of hydrogen-bond donors (Lipinski definition) is 2. The van der Waals surface area contributed by atoms with Gasteiger partial charge in [-0.3, -0.25) is 9.69 Å². The molecule has 8 nitrogen and oxygen atoms in total. The van der Waals surface area contributed by atoms with E-state index in [1.807, 2.05) is 48.5 Å². The smallest absolute Gasteiger partial charge is 0.221 e. The molecular weight excluding hydrogens is 508 g/mol. The second-order valence-corrected chi connectivity index (χ2v) is 10.6. The number of hydrogen-bond acceptors (Lipinski definition) is 7. The van der Waals surface area contributed by atoms with Gasteiger partial charge in [0, 0.05) is 43.7 Å². The Labute approximate surface area is 235 Å². The minimum absolute atomic E-state index is 0.00343. The van der Waals surface area contributed by atoms with Crippen molar-refractivity contribution in [2.45, 2.75) is 51.9 Å². The fraction of sp³-hybridized carbons (Fsp3) is 0.406. The molecule has 0 unspecified atom stereocenters. The number of rotatable bonds is 8. The van der Waals surface area contributed by atoms with Gasteiger partial charge in [-0.1, -0.05) is 43.3 Å². The van der Waals surface area contributed by atoms with E-state index in [1.165, 1.54) is 18.1 Å². The van der Waals surface area contributed by atoms with E-state index in [2.05, 4.69) is 29.3 Å². The summed E-state index contributed by atoms with van der Waals surface area (Å²) in [5.41, 5.74) is 6.07. The molecule has 8 heteroatoms. The molecule has 0 bridgehead atoms. The van der Waals surface area contributed by atoms with E-state index in [-0.39, 0.29) is 30.6 Å². The van der Waals surface area contributed by atoms with Crippen LogP contribution in [-0.4, -0.2) is 49.3 Å². The molecule has 5 rings (SSSR count). The first-order valence-electron chi connectivity index (χ1n) is 13.7. The van der Waals surface area contributed by atoms with Crippen LogP contribution < -0.4 is 14.8 Å². The summed E-state index contributed by atoms with van der Waals surface area (Å²) < 4.78 is 24.3. The summed E-state index contributed by atoms with van der Waals surface area (Å²) in [6.07, 6.45) is 0.0929. The summed E-state index contributed by atoms with van der Waals surface area (Å²) in [5.74, 6) is 1.48. The molecule has 0 spiro atoms. The lowest BCUT2D eigenvalue weighted by Crippen LogP contribution is -2.45. The molecule has 0 radical (unpaired) electrons. The van der Waals surface area contributed by atoms with Crippen LogP contribution in [0.25, 0.3) is 0 Å². The highest BCUT2D eigenvalue weighted by Gasteiger charge is 2.39. The Balaban J connectivity index is 1.38. The molecule has 2 heterocycles. The van der Waals surface area contributed by atoms with Crippen molar-refractivity contribution in [3.8, 4) is 11.5 Å². The monoisotopic (exact) mass is 546 g/mol. The van der Waals surface area contributed by atoms with Crippen LogP contribution in [0.2, 0.25) is 0 Å². The van der Waals surface area contributed by atoms with Gasteiger partial charge in [0.15, 0.2) is 17.8 Å². The van der Waals surface area contributed by atoms with Crippen molar-refractivity contribution >= 4 is 11.6 Å². The topological polar surface area (TPSA) is 89.5 Å². The lowest BCUT2D eigenvalue weighted by Gasteiger charge is -2.43. The quantitative estimate of drug-likeness (QED) is 0.411.